The fourth-order valence-corrected chi connectivity index (χ4v) is 2.75. The lowest BCUT2D eigenvalue weighted by Gasteiger charge is -2.45. The van der Waals surface area contributed by atoms with E-state index in [-0.39, 0.29) is 0 Å². The second-order valence-electron chi connectivity index (χ2n) is 5.74. The van der Waals surface area contributed by atoms with Crippen LogP contribution in [0, 0.1) is 0 Å². The predicted octanol–water partition coefficient (Wildman–Crippen LogP) is -4.74. The first kappa shape index (κ1) is 19.9. The third-order valence-electron chi connectivity index (χ3n) is 4.19. The van der Waals surface area contributed by atoms with Crippen LogP contribution in [-0.2, 0) is 18.9 Å². The number of hydrogen-bond donors (Lipinski definition) is 7. The summed E-state index contributed by atoms with van der Waals surface area (Å²) < 4.78 is 20.6. The molecule has 11 heteroatoms. The molecule has 142 valence electrons. The highest BCUT2D eigenvalue weighted by atomic mass is 16.7. The molecule has 3 unspecified atom stereocenters. The average molecular weight is 356 g/mol. The van der Waals surface area contributed by atoms with E-state index in [1.54, 1.807) is 0 Å². The summed E-state index contributed by atoms with van der Waals surface area (Å²) in [4.78, 5) is 0. The summed E-state index contributed by atoms with van der Waals surface area (Å²) >= 11 is 0. The van der Waals surface area contributed by atoms with Gasteiger partial charge in [0.25, 0.3) is 0 Å². The van der Waals surface area contributed by atoms with Crippen LogP contribution in [0.3, 0.4) is 0 Å². The van der Waals surface area contributed by atoms with Crippen molar-refractivity contribution in [1.29, 1.82) is 0 Å². The molecule has 0 aliphatic carbocycles. The van der Waals surface area contributed by atoms with Crippen molar-refractivity contribution in [2.75, 3.05) is 20.3 Å². The zero-order chi connectivity index (χ0) is 18.0. The molecule has 2 rings (SSSR count). The molecule has 0 aromatic rings. The third kappa shape index (κ3) is 3.71. The molecule has 0 amide bonds. The molecule has 0 spiro atoms. The van der Waals surface area contributed by atoms with Crippen molar-refractivity contribution in [3.63, 3.8) is 0 Å². The van der Waals surface area contributed by atoms with Crippen molar-refractivity contribution < 1.29 is 54.7 Å². The van der Waals surface area contributed by atoms with Crippen LogP contribution < -0.4 is 0 Å². The van der Waals surface area contributed by atoms with Crippen LogP contribution in [0.25, 0.3) is 0 Å². The van der Waals surface area contributed by atoms with E-state index in [2.05, 4.69) is 0 Å². The van der Waals surface area contributed by atoms with Crippen molar-refractivity contribution >= 4 is 0 Å². The van der Waals surface area contributed by atoms with E-state index in [0.29, 0.717) is 0 Å². The number of methoxy groups -OCH3 is 1. The highest BCUT2D eigenvalue weighted by molar-refractivity contribution is 4.93. The van der Waals surface area contributed by atoms with E-state index in [1.807, 2.05) is 0 Å². The first-order chi connectivity index (χ1) is 11.3. The lowest BCUT2D eigenvalue weighted by Crippen LogP contribution is -2.64. The zero-order valence-electron chi connectivity index (χ0n) is 13.0. The topological polar surface area (TPSA) is 179 Å². The van der Waals surface area contributed by atoms with E-state index in [9.17, 15) is 30.6 Å². The standard InChI is InChI=1S/C13H24O11/c1-21-12-10(20)8(18)11(5(3-15)23-12)24-13-9(19)7(17)6(16)4(2-14)22-13/h4-20H,2-3H2,1H3/t4-,5-,6-,7+,8-,9?,10?,11-,12+,13?/m1/s1. The highest BCUT2D eigenvalue weighted by Crippen LogP contribution is 2.29. The lowest BCUT2D eigenvalue weighted by molar-refractivity contribution is -0.357. The summed E-state index contributed by atoms with van der Waals surface area (Å²) in [6, 6.07) is 0. The molecule has 11 nitrogen and oxygen atoms in total. The molecule has 2 aliphatic heterocycles. The van der Waals surface area contributed by atoms with E-state index in [0.717, 1.165) is 0 Å². The van der Waals surface area contributed by atoms with Gasteiger partial charge < -0.3 is 54.7 Å². The number of aliphatic hydroxyl groups is 7. The number of rotatable bonds is 5. The monoisotopic (exact) mass is 356 g/mol. The van der Waals surface area contributed by atoms with Gasteiger partial charge in [0.05, 0.1) is 13.2 Å². The third-order valence-corrected chi connectivity index (χ3v) is 4.19. The van der Waals surface area contributed by atoms with Gasteiger partial charge in [0.15, 0.2) is 12.6 Å². The minimum Gasteiger partial charge on any atom is -0.394 e. The molecule has 2 heterocycles. The fraction of sp³-hybridized carbons (Fsp3) is 1.00. The summed E-state index contributed by atoms with van der Waals surface area (Å²) in [6.07, 6.45) is -14.3. The zero-order valence-corrected chi connectivity index (χ0v) is 13.0. The molecule has 0 aromatic heterocycles. The second kappa shape index (κ2) is 8.29. The smallest absolute Gasteiger partial charge is 0.187 e. The SMILES string of the molecule is CO[C@H]1O[C@H](CO)[C@@H](OC2O[C@H](CO)[C@@H](O)[C@H](O)C2O)[C@H](O)C1O. The average Bonchev–Trinajstić information content (AvgIpc) is 2.59. The number of ether oxygens (including phenoxy) is 4. The quantitative estimate of drug-likeness (QED) is 0.251. The molecule has 0 radical (unpaired) electrons. The van der Waals surface area contributed by atoms with Crippen LogP contribution in [0.4, 0.5) is 0 Å². The molecule has 2 aliphatic rings. The van der Waals surface area contributed by atoms with Gasteiger partial charge in [-0.3, -0.25) is 0 Å². The Bertz CT molecular complexity index is 392. The molecule has 24 heavy (non-hydrogen) atoms. The van der Waals surface area contributed by atoms with E-state index in [4.69, 9.17) is 24.1 Å². The van der Waals surface area contributed by atoms with Gasteiger partial charge in [-0.25, -0.2) is 0 Å². The predicted molar refractivity (Wildman–Crippen MR) is 73.4 cm³/mol. The minimum absolute atomic E-state index is 0.592. The highest BCUT2D eigenvalue weighted by Gasteiger charge is 2.50. The largest absolute Gasteiger partial charge is 0.394 e. The van der Waals surface area contributed by atoms with Crippen molar-refractivity contribution in [3.8, 4) is 0 Å². The molecule has 0 saturated carbocycles. The second-order valence-corrected chi connectivity index (χ2v) is 5.74. The van der Waals surface area contributed by atoms with Gasteiger partial charge in [0, 0.05) is 7.11 Å². The Morgan fingerprint density at radius 3 is 1.79 bits per heavy atom. The van der Waals surface area contributed by atoms with Gasteiger partial charge in [-0.15, -0.1) is 0 Å². The van der Waals surface area contributed by atoms with E-state index in [1.165, 1.54) is 7.11 Å². The van der Waals surface area contributed by atoms with E-state index < -0.39 is 74.6 Å². The Balaban J connectivity index is 2.12. The van der Waals surface area contributed by atoms with Crippen LogP contribution >= 0.6 is 0 Å². The maximum absolute atomic E-state index is 10.2. The molecule has 7 N–H and O–H groups in total. The van der Waals surface area contributed by atoms with Crippen LogP contribution in [0.2, 0.25) is 0 Å². The molecule has 2 fully saturated rings. The van der Waals surface area contributed by atoms with Gasteiger partial charge in [-0.1, -0.05) is 0 Å². The number of hydrogen-bond acceptors (Lipinski definition) is 11. The Kier molecular flexibility index (Phi) is 6.87. The molecule has 2 saturated heterocycles. The van der Waals surface area contributed by atoms with Crippen LogP contribution in [0.5, 0.6) is 0 Å². The Hall–Kier alpha value is -0.440. The summed E-state index contributed by atoms with van der Waals surface area (Å²) in [7, 11) is 1.24. The van der Waals surface area contributed by atoms with Crippen LogP contribution in [0.15, 0.2) is 0 Å². The summed E-state index contributed by atoms with van der Waals surface area (Å²) in [5, 5.41) is 68.0. The minimum atomic E-state index is -1.69. The summed E-state index contributed by atoms with van der Waals surface area (Å²) in [6.45, 7) is -1.24. The first-order valence-electron chi connectivity index (χ1n) is 7.46. The van der Waals surface area contributed by atoms with Gasteiger partial charge in [-0.2, -0.15) is 0 Å². The van der Waals surface area contributed by atoms with Gasteiger partial charge >= 0.3 is 0 Å². The molecular formula is C13H24O11. The van der Waals surface area contributed by atoms with E-state index >= 15 is 0 Å². The van der Waals surface area contributed by atoms with Gasteiger partial charge in [0.1, 0.15) is 48.8 Å². The lowest BCUT2D eigenvalue weighted by atomic mass is 9.97. The molecule has 0 bridgehead atoms. The maximum Gasteiger partial charge on any atom is 0.187 e. The van der Waals surface area contributed by atoms with Crippen molar-refractivity contribution in [3.05, 3.63) is 0 Å². The number of aliphatic hydroxyl groups excluding tert-OH is 7. The summed E-state index contributed by atoms with van der Waals surface area (Å²) in [5.41, 5.74) is 0. The van der Waals surface area contributed by atoms with Gasteiger partial charge in [-0.05, 0) is 0 Å². The normalized spacial score (nSPS) is 50.0. The van der Waals surface area contributed by atoms with Gasteiger partial charge in [0.2, 0.25) is 0 Å². The first-order valence-corrected chi connectivity index (χ1v) is 7.46. The fourth-order valence-electron chi connectivity index (χ4n) is 2.75. The van der Waals surface area contributed by atoms with Crippen LogP contribution in [0.1, 0.15) is 0 Å². The van der Waals surface area contributed by atoms with Crippen molar-refractivity contribution in [2.45, 2.75) is 61.4 Å². The maximum atomic E-state index is 10.2. The summed E-state index contributed by atoms with van der Waals surface area (Å²) in [5.74, 6) is 0. The molecule has 10 atom stereocenters. The Morgan fingerprint density at radius 1 is 0.708 bits per heavy atom. The van der Waals surface area contributed by atoms with Crippen LogP contribution in [-0.4, -0.2) is 117 Å². The van der Waals surface area contributed by atoms with Crippen molar-refractivity contribution in [1.82, 2.24) is 0 Å². The Morgan fingerprint density at radius 2 is 1.25 bits per heavy atom. The molecule has 0 aromatic carbocycles. The van der Waals surface area contributed by atoms with Crippen molar-refractivity contribution in [2.24, 2.45) is 0 Å². The Labute approximate surface area is 137 Å². The molecular weight excluding hydrogens is 332 g/mol.